The maximum Gasteiger partial charge on any atom is 0.244 e. The van der Waals surface area contributed by atoms with E-state index in [0.717, 1.165) is 42.8 Å². The second-order valence-corrected chi connectivity index (χ2v) is 6.89. The Morgan fingerprint density at radius 3 is 2.84 bits per heavy atom. The Kier molecular flexibility index (Phi) is 5.46. The van der Waals surface area contributed by atoms with Crippen molar-refractivity contribution in [2.24, 2.45) is 0 Å². The van der Waals surface area contributed by atoms with E-state index in [0.29, 0.717) is 6.54 Å². The molecule has 0 radical (unpaired) electrons. The summed E-state index contributed by atoms with van der Waals surface area (Å²) in [6.07, 6.45) is 5.18. The van der Waals surface area contributed by atoms with Crippen molar-refractivity contribution in [1.29, 1.82) is 0 Å². The van der Waals surface area contributed by atoms with Crippen LogP contribution in [0.3, 0.4) is 0 Å². The molecule has 25 heavy (non-hydrogen) atoms. The zero-order chi connectivity index (χ0) is 17.7. The van der Waals surface area contributed by atoms with Crippen molar-refractivity contribution in [2.75, 3.05) is 32.8 Å². The zero-order valence-electron chi connectivity index (χ0n) is 14.9. The maximum atomic E-state index is 12.2. The Hall–Kier alpha value is -2.24. The summed E-state index contributed by atoms with van der Waals surface area (Å²) in [7, 11) is 0. The molecule has 1 fully saturated rings. The largest absolute Gasteiger partial charge is 0.379 e. The van der Waals surface area contributed by atoms with Gasteiger partial charge in [0.15, 0.2) is 0 Å². The lowest BCUT2D eigenvalue weighted by Crippen LogP contribution is -2.55. The van der Waals surface area contributed by atoms with E-state index < -0.39 is 0 Å². The molecule has 3 rings (SSSR count). The van der Waals surface area contributed by atoms with Crippen LogP contribution in [0.25, 0.3) is 17.0 Å². The molecule has 0 aliphatic carbocycles. The molecule has 0 atom stereocenters. The number of fused-ring (bicyclic) bond motifs is 1. The standard InChI is InChI=1S/C20H25N3O2/c1-20(2,23-11-13-25-14-12-23)15-22-18(24)9-8-17-6-3-5-16-7-4-10-21-19(16)17/h3-10H,11-15H2,1-2H3,(H,22,24)/b9-8+. The van der Waals surface area contributed by atoms with Crippen LogP contribution in [0.2, 0.25) is 0 Å². The molecule has 132 valence electrons. The highest BCUT2D eigenvalue weighted by Gasteiger charge is 2.28. The quantitative estimate of drug-likeness (QED) is 0.851. The third-order valence-corrected chi connectivity index (χ3v) is 4.64. The van der Waals surface area contributed by atoms with Gasteiger partial charge >= 0.3 is 0 Å². The number of rotatable bonds is 5. The van der Waals surface area contributed by atoms with E-state index in [4.69, 9.17) is 4.74 Å². The fourth-order valence-corrected chi connectivity index (χ4v) is 3.07. The first-order valence-electron chi connectivity index (χ1n) is 8.69. The first kappa shape index (κ1) is 17.6. The van der Waals surface area contributed by atoms with Crippen molar-refractivity contribution in [1.82, 2.24) is 15.2 Å². The van der Waals surface area contributed by atoms with Gasteiger partial charge in [0.1, 0.15) is 0 Å². The molecule has 0 saturated carbocycles. The van der Waals surface area contributed by atoms with Crippen molar-refractivity contribution in [3.05, 3.63) is 48.2 Å². The molecule has 0 spiro atoms. The predicted octanol–water partition coefficient (Wildman–Crippen LogP) is 2.48. The van der Waals surface area contributed by atoms with Crippen molar-refractivity contribution >= 4 is 22.9 Å². The number of hydrogen-bond donors (Lipinski definition) is 1. The van der Waals surface area contributed by atoms with E-state index in [-0.39, 0.29) is 11.4 Å². The van der Waals surface area contributed by atoms with Crippen LogP contribution in [0.1, 0.15) is 19.4 Å². The van der Waals surface area contributed by atoms with Gasteiger partial charge in [-0.25, -0.2) is 0 Å². The van der Waals surface area contributed by atoms with Crippen LogP contribution in [0.4, 0.5) is 0 Å². The molecule has 1 aromatic heterocycles. The van der Waals surface area contributed by atoms with Crippen LogP contribution in [-0.4, -0.2) is 54.2 Å². The lowest BCUT2D eigenvalue weighted by molar-refractivity contribution is -0.117. The number of benzene rings is 1. The van der Waals surface area contributed by atoms with Crippen LogP contribution in [0.15, 0.2) is 42.6 Å². The van der Waals surface area contributed by atoms with Gasteiger partial charge < -0.3 is 10.1 Å². The van der Waals surface area contributed by atoms with Gasteiger partial charge in [-0.05, 0) is 26.0 Å². The predicted molar refractivity (Wildman–Crippen MR) is 100 cm³/mol. The second-order valence-electron chi connectivity index (χ2n) is 6.89. The Morgan fingerprint density at radius 1 is 1.28 bits per heavy atom. The molecular formula is C20H25N3O2. The number of amides is 1. The number of carbonyl (C=O) groups excluding carboxylic acids is 1. The smallest absolute Gasteiger partial charge is 0.244 e. The van der Waals surface area contributed by atoms with Crippen molar-refractivity contribution in [3.8, 4) is 0 Å². The van der Waals surface area contributed by atoms with Crippen LogP contribution in [0.5, 0.6) is 0 Å². The average Bonchev–Trinajstić information content (AvgIpc) is 2.65. The fourth-order valence-electron chi connectivity index (χ4n) is 3.07. The molecule has 0 unspecified atom stereocenters. The minimum absolute atomic E-state index is 0.0886. The number of para-hydroxylation sites is 1. The van der Waals surface area contributed by atoms with Crippen LogP contribution >= 0.6 is 0 Å². The molecule has 1 aliphatic heterocycles. The molecule has 1 aromatic carbocycles. The lowest BCUT2D eigenvalue weighted by Gasteiger charge is -2.40. The summed E-state index contributed by atoms with van der Waals surface area (Å²) in [4.78, 5) is 19.0. The lowest BCUT2D eigenvalue weighted by atomic mass is 10.0. The van der Waals surface area contributed by atoms with Gasteiger partial charge in [0.05, 0.1) is 18.7 Å². The maximum absolute atomic E-state index is 12.2. The molecule has 2 aromatic rings. The molecule has 1 saturated heterocycles. The number of aromatic nitrogens is 1. The van der Waals surface area contributed by atoms with E-state index in [2.05, 4.69) is 29.0 Å². The average molecular weight is 339 g/mol. The van der Waals surface area contributed by atoms with Gasteiger partial charge in [-0.3, -0.25) is 14.7 Å². The molecule has 1 N–H and O–H groups in total. The summed E-state index contributed by atoms with van der Waals surface area (Å²) < 4.78 is 5.40. The number of ether oxygens (including phenoxy) is 1. The minimum atomic E-state index is -0.0890. The highest BCUT2D eigenvalue weighted by molar-refractivity contribution is 5.95. The summed E-state index contributed by atoms with van der Waals surface area (Å²) in [5, 5.41) is 4.08. The van der Waals surface area contributed by atoms with E-state index in [1.165, 1.54) is 0 Å². The Balaban J connectivity index is 1.61. The normalized spacial score (nSPS) is 16.4. The highest BCUT2D eigenvalue weighted by Crippen LogP contribution is 2.17. The first-order chi connectivity index (χ1) is 12.1. The third kappa shape index (κ3) is 4.44. The zero-order valence-corrected chi connectivity index (χ0v) is 14.9. The Morgan fingerprint density at radius 2 is 2.04 bits per heavy atom. The number of pyridine rings is 1. The Bertz CT molecular complexity index is 759. The summed E-state index contributed by atoms with van der Waals surface area (Å²) in [6, 6.07) is 9.89. The first-order valence-corrected chi connectivity index (χ1v) is 8.69. The van der Waals surface area contributed by atoms with Gasteiger partial charge in [0.25, 0.3) is 0 Å². The van der Waals surface area contributed by atoms with Gasteiger partial charge in [-0.1, -0.05) is 24.3 Å². The van der Waals surface area contributed by atoms with Crippen LogP contribution in [0, 0.1) is 0 Å². The second kappa shape index (κ2) is 7.76. The van der Waals surface area contributed by atoms with Crippen molar-refractivity contribution in [3.63, 3.8) is 0 Å². The van der Waals surface area contributed by atoms with Crippen LogP contribution < -0.4 is 5.32 Å². The van der Waals surface area contributed by atoms with Crippen molar-refractivity contribution in [2.45, 2.75) is 19.4 Å². The number of morpholine rings is 1. The van der Waals surface area contributed by atoms with Gasteiger partial charge in [0.2, 0.25) is 5.91 Å². The molecule has 5 nitrogen and oxygen atoms in total. The van der Waals surface area contributed by atoms with Crippen molar-refractivity contribution < 1.29 is 9.53 Å². The molecule has 5 heteroatoms. The molecule has 0 bridgehead atoms. The summed E-state index contributed by atoms with van der Waals surface area (Å²) in [5.74, 6) is -0.0886. The third-order valence-electron chi connectivity index (χ3n) is 4.64. The van der Waals surface area contributed by atoms with E-state index in [1.807, 2.05) is 36.4 Å². The van der Waals surface area contributed by atoms with Crippen LogP contribution in [-0.2, 0) is 9.53 Å². The number of carbonyl (C=O) groups is 1. The van der Waals surface area contributed by atoms with Gasteiger partial charge in [-0.2, -0.15) is 0 Å². The van der Waals surface area contributed by atoms with E-state index in [9.17, 15) is 4.79 Å². The summed E-state index contributed by atoms with van der Waals surface area (Å²) in [6.45, 7) is 8.22. The SMILES string of the molecule is CC(C)(CNC(=O)/C=C/c1cccc2cccnc12)N1CCOCC1. The molecular weight excluding hydrogens is 314 g/mol. The molecule has 1 aliphatic rings. The Labute approximate surface area is 148 Å². The van der Waals surface area contributed by atoms with E-state index in [1.54, 1.807) is 12.3 Å². The summed E-state index contributed by atoms with van der Waals surface area (Å²) in [5.41, 5.74) is 1.76. The minimum Gasteiger partial charge on any atom is -0.379 e. The highest BCUT2D eigenvalue weighted by atomic mass is 16.5. The monoisotopic (exact) mass is 339 g/mol. The fraction of sp³-hybridized carbons (Fsp3) is 0.400. The van der Waals surface area contributed by atoms with E-state index >= 15 is 0 Å². The van der Waals surface area contributed by atoms with Gasteiger partial charge in [-0.15, -0.1) is 0 Å². The van der Waals surface area contributed by atoms with Gasteiger partial charge in [0, 0.05) is 48.4 Å². The topological polar surface area (TPSA) is 54.5 Å². The number of nitrogens with zero attached hydrogens (tertiary/aromatic N) is 2. The summed E-state index contributed by atoms with van der Waals surface area (Å²) >= 11 is 0. The molecule has 2 heterocycles. The number of hydrogen-bond acceptors (Lipinski definition) is 4. The number of nitrogens with one attached hydrogen (secondary N) is 1. The molecule has 1 amide bonds.